The number of aryl methyl sites for hydroxylation is 1. The van der Waals surface area contributed by atoms with Gasteiger partial charge >= 0.3 is 0 Å². The molecule has 40 heavy (non-hydrogen) atoms. The highest BCUT2D eigenvalue weighted by atomic mass is 16.5. The van der Waals surface area contributed by atoms with Gasteiger partial charge in [-0.25, -0.2) is 4.98 Å². The summed E-state index contributed by atoms with van der Waals surface area (Å²) < 4.78 is 17.2. The smallest absolute Gasteiger partial charge is 0.273 e. The maximum absolute atomic E-state index is 13.7. The van der Waals surface area contributed by atoms with Crippen LogP contribution < -0.4 is 10.1 Å². The second-order valence-corrected chi connectivity index (χ2v) is 11.2. The van der Waals surface area contributed by atoms with E-state index in [1.807, 2.05) is 12.1 Å². The van der Waals surface area contributed by atoms with Gasteiger partial charge in [-0.2, -0.15) is 0 Å². The lowest BCUT2D eigenvalue weighted by Gasteiger charge is -2.39. The highest BCUT2D eigenvalue weighted by Crippen LogP contribution is 2.40. The fourth-order valence-electron chi connectivity index (χ4n) is 6.16. The maximum atomic E-state index is 13.7. The fourth-order valence-corrected chi connectivity index (χ4v) is 6.16. The van der Waals surface area contributed by atoms with Crippen molar-refractivity contribution in [3.8, 4) is 5.75 Å². The summed E-state index contributed by atoms with van der Waals surface area (Å²) in [5.74, 6) is 1.11. The standard InChI is InChI=1S/C32H37N3O5/c1-21-8-10-23(11-9-21)30-27-17-25(13-12-22(27)14-15-35(30)32(37)24-5-2-3-6-24)39-20-29-34-28(19-40-29)31(36)33-18-26-7-4-16-38-26/h8-13,17,19,24,26,30H,2-7,14-16,18,20H2,1H3,(H,33,36)/t26-,30+/m1/s1. The van der Waals surface area contributed by atoms with Gasteiger partial charge in [-0.3, -0.25) is 9.59 Å². The molecule has 1 aromatic heterocycles. The van der Waals surface area contributed by atoms with E-state index in [4.69, 9.17) is 13.9 Å². The van der Waals surface area contributed by atoms with Gasteiger partial charge in [0.25, 0.3) is 5.91 Å². The number of carbonyl (C=O) groups excluding carboxylic acids is 2. The largest absolute Gasteiger partial charge is 0.484 e. The molecular formula is C32H37N3O5. The lowest BCUT2D eigenvalue weighted by Crippen LogP contribution is -2.43. The molecule has 2 atom stereocenters. The van der Waals surface area contributed by atoms with Crippen LogP contribution >= 0.6 is 0 Å². The summed E-state index contributed by atoms with van der Waals surface area (Å²) in [7, 11) is 0. The number of rotatable bonds is 8. The van der Waals surface area contributed by atoms with Crippen LogP contribution in [0.25, 0.3) is 0 Å². The van der Waals surface area contributed by atoms with Gasteiger partial charge in [-0.05, 0) is 67.9 Å². The van der Waals surface area contributed by atoms with Gasteiger partial charge in [-0.15, -0.1) is 0 Å². The molecule has 210 valence electrons. The van der Waals surface area contributed by atoms with Crippen molar-refractivity contribution in [2.45, 2.75) is 70.6 Å². The predicted octanol–water partition coefficient (Wildman–Crippen LogP) is 5.14. The molecule has 8 nitrogen and oxygen atoms in total. The molecule has 0 bridgehead atoms. The van der Waals surface area contributed by atoms with Crippen LogP contribution in [0.1, 0.15) is 83.2 Å². The van der Waals surface area contributed by atoms with Crippen molar-refractivity contribution in [2.75, 3.05) is 19.7 Å². The van der Waals surface area contributed by atoms with Gasteiger partial charge in [0, 0.05) is 25.6 Å². The fraction of sp³-hybridized carbons (Fsp3) is 0.469. The molecule has 0 spiro atoms. The second kappa shape index (κ2) is 11.8. The third kappa shape index (κ3) is 5.77. The first-order chi connectivity index (χ1) is 19.5. The summed E-state index contributed by atoms with van der Waals surface area (Å²) in [4.78, 5) is 32.5. The van der Waals surface area contributed by atoms with Crippen molar-refractivity contribution in [1.82, 2.24) is 15.2 Å². The molecule has 0 radical (unpaired) electrons. The Hall–Kier alpha value is -3.65. The van der Waals surface area contributed by atoms with Gasteiger partial charge in [0.15, 0.2) is 12.3 Å². The molecule has 2 aromatic carbocycles. The van der Waals surface area contributed by atoms with Crippen LogP contribution in [0.4, 0.5) is 0 Å². The van der Waals surface area contributed by atoms with E-state index in [0.717, 1.165) is 69.2 Å². The van der Waals surface area contributed by atoms with Gasteiger partial charge in [0.1, 0.15) is 12.0 Å². The third-order valence-corrected chi connectivity index (χ3v) is 8.39. The van der Waals surface area contributed by atoms with E-state index >= 15 is 0 Å². The molecular weight excluding hydrogens is 506 g/mol. The van der Waals surface area contributed by atoms with Crippen LogP contribution in [0.2, 0.25) is 0 Å². The predicted molar refractivity (Wildman–Crippen MR) is 149 cm³/mol. The molecule has 1 N–H and O–H groups in total. The van der Waals surface area contributed by atoms with Crippen LogP contribution in [0.15, 0.2) is 53.1 Å². The molecule has 3 aromatic rings. The van der Waals surface area contributed by atoms with Gasteiger partial charge in [0.05, 0.1) is 12.1 Å². The average molecular weight is 544 g/mol. The maximum Gasteiger partial charge on any atom is 0.273 e. The zero-order valence-corrected chi connectivity index (χ0v) is 23.1. The highest BCUT2D eigenvalue weighted by molar-refractivity contribution is 5.91. The summed E-state index contributed by atoms with van der Waals surface area (Å²) in [6, 6.07) is 14.4. The highest BCUT2D eigenvalue weighted by Gasteiger charge is 2.36. The zero-order valence-electron chi connectivity index (χ0n) is 23.1. The number of fused-ring (bicyclic) bond motifs is 1. The molecule has 2 fully saturated rings. The molecule has 3 aliphatic rings. The first kappa shape index (κ1) is 26.6. The van der Waals surface area contributed by atoms with E-state index in [-0.39, 0.29) is 42.2 Å². The number of nitrogens with zero attached hydrogens (tertiary/aromatic N) is 2. The molecule has 1 aliphatic carbocycles. The molecule has 0 unspecified atom stereocenters. The Kier molecular flexibility index (Phi) is 7.86. The molecule has 2 amide bonds. The summed E-state index contributed by atoms with van der Waals surface area (Å²) in [5, 5.41) is 2.86. The summed E-state index contributed by atoms with van der Waals surface area (Å²) in [6.07, 6.45) is 8.45. The minimum Gasteiger partial charge on any atom is -0.484 e. The van der Waals surface area contributed by atoms with E-state index in [1.165, 1.54) is 17.4 Å². The van der Waals surface area contributed by atoms with Crippen molar-refractivity contribution >= 4 is 11.8 Å². The summed E-state index contributed by atoms with van der Waals surface area (Å²) in [6.45, 7) is 4.10. The molecule has 6 rings (SSSR count). The van der Waals surface area contributed by atoms with Crippen LogP contribution in [0, 0.1) is 12.8 Å². The van der Waals surface area contributed by atoms with Crippen LogP contribution in [-0.2, 0) is 22.6 Å². The van der Waals surface area contributed by atoms with Crippen LogP contribution in [0.3, 0.4) is 0 Å². The minimum atomic E-state index is -0.285. The van der Waals surface area contributed by atoms with E-state index in [0.29, 0.717) is 18.2 Å². The molecule has 1 saturated carbocycles. The number of oxazole rings is 1. The van der Waals surface area contributed by atoms with E-state index in [2.05, 4.69) is 52.5 Å². The Morgan fingerprint density at radius 1 is 1.07 bits per heavy atom. The number of nitrogens with one attached hydrogen (secondary N) is 1. The molecule has 2 aliphatic heterocycles. The zero-order chi connectivity index (χ0) is 27.5. The number of carbonyl (C=O) groups is 2. The Labute approximate surface area is 235 Å². The monoisotopic (exact) mass is 543 g/mol. The van der Waals surface area contributed by atoms with Crippen LogP contribution in [-0.4, -0.2) is 47.5 Å². The van der Waals surface area contributed by atoms with E-state index in [9.17, 15) is 9.59 Å². The first-order valence-corrected chi connectivity index (χ1v) is 14.5. The Morgan fingerprint density at radius 3 is 2.67 bits per heavy atom. The lowest BCUT2D eigenvalue weighted by molar-refractivity contribution is -0.137. The summed E-state index contributed by atoms with van der Waals surface area (Å²) in [5.41, 5.74) is 4.86. The molecule has 8 heteroatoms. The van der Waals surface area contributed by atoms with Crippen molar-refractivity contribution < 1.29 is 23.5 Å². The first-order valence-electron chi connectivity index (χ1n) is 14.5. The van der Waals surface area contributed by atoms with Gasteiger partial charge in [0.2, 0.25) is 11.8 Å². The third-order valence-electron chi connectivity index (χ3n) is 8.39. The SMILES string of the molecule is Cc1ccc([C@H]2c3cc(OCc4nc(C(=O)NC[C@H]5CCCO5)co4)ccc3CCN2C(=O)C2CCCC2)cc1. The number of ether oxygens (including phenoxy) is 2. The normalized spacial score (nSPS) is 20.9. The van der Waals surface area contributed by atoms with E-state index < -0.39 is 0 Å². The quantitative estimate of drug-likeness (QED) is 0.423. The topological polar surface area (TPSA) is 93.9 Å². The Balaban J connectivity index is 1.17. The number of benzene rings is 2. The minimum absolute atomic E-state index is 0.0655. The second-order valence-electron chi connectivity index (χ2n) is 11.2. The lowest BCUT2D eigenvalue weighted by atomic mass is 9.86. The Morgan fingerprint density at radius 2 is 1.90 bits per heavy atom. The summed E-state index contributed by atoms with van der Waals surface area (Å²) >= 11 is 0. The Bertz CT molecular complexity index is 1340. The van der Waals surface area contributed by atoms with Crippen molar-refractivity contribution in [3.63, 3.8) is 0 Å². The average Bonchev–Trinajstić information content (AvgIpc) is 3.78. The number of hydrogen-bond donors (Lipinski definition) is 1. The van der Waals surface area contributed by atoms with Gasteiger partial charge < -0.3 is 24.1 Å². The molecule has 3 heterocycles. The van der Waals surface area contributed by atoms with Crippen LogP contribution in [0.5, 0.6) is 5.75 Å². The van der Waals surface area contributed by atoms with Crippen molar-refractivity contribution in [2.24, 2.45) is 5.92 Å². The van der Waals surface area contributed by atoms with E-state index in [1.54, 1.807) is 0 Å². The van der Waals surface area contributed by atoms with Gasteiger partial charge in [-0.1, -0.05) is 48.7 Å². The number of amides is 2. The van der Waals surface area contributed by atoms with Crippen molar-refractivity contribution in [3.05, 3.63) is 82.6 Å². The van der Waals surface area contributed by atoms with Crippen molar-refractivity contribution in [1.29, 1.82) is 0 Å². The molecule has 1 saturated heterocycles. The number of hydrogen-bond acceptors (Lipinski definition) is 6. The number of aromatic nitrogens is 1.